The minimum absolute atomic E-state index is 0.199. The van der Waals surface area contributed by atoms with Crippen LogP contribution in [0.3, 0.4) is 0 Å². The first-order valence-electron chi connectivity index (χ1n) is 12.1. The number of fused-ring (bicyclic) bond motifs is 4. The van der Waals surface area contributed by atoms with E-state index in [4.69, 9.17) is 4.74 Å². The van der Waals surface area contributed by atoms with Gasteiger partial charge in [0.1, 0.15) is 17.9 Å². The van der Waals surface area contributed by atoms with Crippen molar-refractivity contribution in [2.75, 3.05) is 12.4 Å². The summed E-state index contributed by atoms with van der Waals surface area (Å²) in [6.45, 7) is 0. The van der Waals surface area contributed by atoms with E-state index in [1.54, 1.807) is 35.1 Å². The number of benzene rings is 2. The number of hydrogen-bond donors (Lipinski definition) is 1. The standard InChI is InChI=1S/C26H20F3N9O/c1-39-17-9-7-15(8-10-17)20-11-21(26(27,28)29)38-25(33-20)18(12-32-38)22-34-24-19-13-31-37(16-5-3-2-4-6-16)23(19)30-14-36(24)35-22/h2-10,12-14,20-21,33H,11H2,1H3. The molecule has 1 N–H and O–H groups in total. The van der Waals surface area contributed by atoms with Gasteiger partial charge in [-0.05, 0) is 29.8 Å². The molecular formula is C26H20F3N9O. The van der Waals surface area contributed by atoms with E-state index in [1.165, 1.54) is 24.1 Å². The number of alkyl halides is 3. The fourth-order valence-electron chi connectivity index (χ4n) is 4.97. The van der Waals surface area contributed by atoms with Crippen LogP contribution in [0.1, 0.15) is 24.1 Å². The topological polar surface area (TPSA) is 100.0 Å². The van der Waals surface area contributed by atoms with Crippen LogP contribution in [-0.4, -0.2) is 52.4 Å². The molecule has 0 radical (unpaired) electrons. The van der Waals surface area contributed by atoms with Gasteiger partial charge in [0.15, 0.2) is 23.2 Å². The van der Waals surface area contributed by atoms with Gasteiger partial charge < -0.3 is 10.1 Å². The molecule has 0 bridgehead atoms. The molecule has 2 unspecified atom stereocenters. The second kappa shape index (κ2) is 8.55. The van der Waals surface area contributed by atoms with Crippen LogP contribution >= 0.6 is 0 Å². The van der Waals surface area contributed by atoms with E-state index in [0.717, 1.165) is 10.4 Å². The van der Waals surface area contributed by atoms with Crippen molar-refractivity contribution in [3.63, 3.8) is 0 Å². The largest absolute Gasteiger partial charge is 0.497 e. The Labute approximate surface area is 218 Å². The second-order valence-corrected chi connectivity index (χ2v) is 9.19. The van der Waals surface area contributed by atoms with Gasteiger partial charge in [0.25, 0.3) is 0 Å². The zero-order valence-electron chi connectivity index (χ0n) is 20.4. The van der Waals surface area contributed by atoms with Crippen LogP contribution in [0.25, 0.3) is 33.8 Å². The Morgan fingerprint density at radius 2 is 1.77 bits per heavy atom. The number of halogens is 3. The van der Waals surface area contributed by atoms with E-state index >= 15 is 0 Å². The minimum atomic E-state index is -4.50. The second-order valence-electron chi connectivity index (χ2n) is 9.19. The molecule has 6 aromatic rings. The van der Waals surface area contributed by atoms with Crippen LogP contribution in [0, 0.1) is 0 Å². The Morgan fingerprint density at radius 3 is 2.51 bits per heavy atom. The van der Waals surface area contributed by atoms with Gasteiger partial charge >= 0.3 is 6.18 Å². The molecule has 0 spiro atoms. The Hall–Kier alpha value is -4.94. The van der Waals surface area contributed by atoms with Crippen molar-refractivity contribution < 1.29 is 17.9 Å². The van der Waals surface area contributed by atoms with Gasteiger partial charge in [-0.2, -0.15) is 23.4 Å². The smallest absolute Gasteiger partial charge is 0.410 e. The van der Waals surface area contributed by atoms with Crippen LogP contribution in [-0.2, 0) is 0 Å². The third-order valence-corrected chi connectivity index (χ3v) is 6.90. The van der Waals surface area contributed by atoms with E-state index in [9.17, 15) is 13.2 Å². The molecule has 0 saturated heterocycles. The fourth-order valence-corrected chi connectivity index (χ4v) is 4.97. The minimum Gasteiger partial charge on any atom is -0.497 e. The van der Waals surface area contributed by atoms with Crippen LogP contribution in [0.5, 0.6) is 5.75 Å². The number of rotatable bonds is 4. The highest BCUT2D eigenvalue weighted by molar-refractivity contribution is 5.90. The highest BCUT2D eigenvalue weighted by atomic mass is 19.4. The van der Waals surface area contributed by atoms with Crippen molar-refractivity contribution in [2.24, 2.45) is 0 Å². The number of ether oxygens (including phenoxy) is 1. The average Bonchev–Trinajstić information content (AvgIpc) is 3.68. The van der Waals surface area contributed by atoms with Gasteiger partial charge in [0.2, 0.25) is 0 Å². The molecule has 5 heterocycles. The molecule has 1 aliphatic rings. The number of nitrogens with one attached hydrogen (secondary N) is 1. The number of anilines is 1. The Balaban J connectivity index is 1.32. The van der Waals surface area contributed by atoms with Gasteiger partial charge in [0, 0.05) is 6.42 Å². The molecule has 4 aromatic heterocycles. The van der Waals surface area contributed by atoms with E-state index in [-0.39, 0.29) is 18.1 Å². The molecule has 0 amide bonds. The van der Waals surface area contributed by atoms with E-state index < -0.39 is 18.3 Å². The normalized spacial score (nSPS) is 17.3. The van der Waals surface area contributed by atoms with Crippen molar-refractivity contribution in [1.29, 1.82) is 0 Å². The Bertz CT molecular complexity index is 1810. The number of para-hydroxylation sites is 1. The predicted octanol–water partition coefficient (Wildman–Crippen LogP) is 5.00. The molecular weight excluding hydrogens is 511 g/mol. The summed E-state index contributed by atoms with van der Waals surface area (Å²) in [7, 11) is 1.54. The quantitative estimate of drug-likeness (QED) is 0.342. The lowest BCUT2D eigenvalue weighted by atomic mass is 9.96. The molecule has 0 saturated carbocycles. The monoisotopic (exact) mass is 531 g/mol. The summed E-state index contributed by atoms with van der Waals surface area (Å²) in [5.41, 5.74) is 2.95. The third kappa shape index (κ3) is 3.76. The van der Waals surface area contributed by atoms with E-state index in [2.05, 4.69) is 30.6 Å². The molecule has 0 aliphatic carbocycles. The average molecular weight is 532 g/mol. The maximum atomic E-state index is 14.2. The predicted molar refractivity (Wildman–Crippen MR) is 136 cm³/mol. The summed E-state index contributed by atoms with van der Waals surface area (Å²) in [5.74, 6) is 1.04. The molecule has 1 aliphatic heterocycles. The zero-order chi connectivity index (χ0) is 26.7. The Morgan fingerprint density at radius 1 is 0.974 bits per heavy atom. The third-order valence-electron chi connectivity index (χ3n) is 6.90. The molecule has 39 heavy (non-hydrogen) atoms. The molecule has 13 heteroatoms. The molecule has 0 fully saturated rings. The van der Waals surface area contributed by atoms with Gasteiger partial charge in [-0.25, -0.2) is 23.8 Å². The van der Waals surface area contributed by atoms with E-state index in [1.807, 2.05) is 30.3 Å². The van der Waals surface area contributed by atoms with Crippen molar-refractivity contribution in [3.8, 4) is 22.8 Å². The first kappa shape index (κ1) is 23.2. The van der Waals surface area contributed by atoms with Gasteiger partial charge in [0.05, 0.1) is 42.2 Å². The zero-order valence-corrected chi connectivity index (χ0v) is 20.4. The van der Waals surface area contributed by atoms with Crippen LogP contribution < -0.4 is 10.1 Å². The summed E-state index contributed by atoms with van der Waals surface area (Å²) in [6.07, 6.45) is -0.194. The van der Waals surface area contributed by atoms with Crippen molar-refractivity contribution in [2.45, 2.75) is 24.7 Å². The molecule has 196 valence electrons. The molecule has 7 rings (SSSR count). The van der Waals surface area contributed by atoms with Crippen LogP contribution in [0.4, 0.5) is 19.0 Å². The molecule has 2 aromatic carbocycles. The highest BCUT2D eigenvalue weighted by Crippen LogP contribution is 2.46. The number of hydrogen-bond acceptors (Lipinski definition) is 7. The summed E-state index contributed by atoms with van der Waals surface area (Å²) >= 11 is 0. The lowest BCUT2D eigenvalue weighted by Gasteiger charge is -2.34. The SMILES string of the molecule is COc1ccc(C2CC(C(F)(F)F)n3ncc(-c4nc5c6cnn(-c7ccccc7)c6ncn5n4)c3N2)cc1. The first-order chi connectivity index (χ1) is 18.9. The van der Waals surface area contributed by atoms with Crippen molar-refractivity contribution in [1.82, 2.24) is 39.1 Å². The van der Waals surface area contributed by atoms with Crippen LogP contribution in [0.15, 0.2) is 73.3 Å². The first-order valence-corrected chi connectivity index (χ1v) is 12.1. The number of methoxy groups -OCH3 is 1. The van der Waals surface area contributed by atoms with Gasteiger partial charge in [-0.3, -0.25) is 0 Å². The van der Waals surface area contributed by atoms with E-state index in [0.29, 0.717) is 33.6 Å². The van der Waals surface area contributed by atoms with Crippen molar-refractivity contribution in [3.05, 3.63) is 78.9 Å². The van der Waals surface area contributed by atoms with Crippen LogP contribution in [0.2, 0.25) is 0 Å². The number of nitrogens with zero attached hydrogens (tertiary/aromatic N) is 8. The summed E-state index contributed by atoms with van der Waals surface area (Å²) in [6, 6.07) is 14.1. The fraction of sp³-hybridized carbons (Fsp3) is 0.192. The van der Waals surface area contributed by atoms with Gasteiger partial charge in [-0.15, -0.1) is 5.10 Å². The number of aromatic nitrogens is 8. The lowest BCUT2D eigenvalue weighted by molar-refractivity contribution is -0.173. The lowest BCUT2D eigenvalue weighted by Crippen LogP contribution is -2.35. The molecule has 2 atom stereocenters. The molecule has 10 nitrogen and oxygen atoms in total. The highest BCUT2D eigenvalue weighted by Gasteiger charge is 2.47. The maximum Gasteiger partial charge on any atom is 0.410 e. The van der Waals surface area contributed by atoms with Gasteiger partial charge in [-0.1, -0.05) is 30.3 Å². The maximum absolute atomic E-state index is 14.2. The summed E-state index contributed by atoms with van der Waals surface area (Å²) < 4.78 is 51.8. The van der Waals surface area contributed by atoms with Crippen molar-refractivity contribution >= 4 is 22.5 Å². The summed E-state index contributed by atoms with van der Waals surface area (Å²) in [5, 5.41) is 17.0. The Kier molecular flexibility index (Phi) is 5.08. The summed E-state index contributed by atoms with van der Waals surface area (Å²) in [4.78, 5) is 9.18.